The molecule has 0 radical (unpaired) electrons. The maximum Gasteiger partial charge on any atom is 0.245 e. The zero-order valence-electron chi connectivity index (χ0n) is 18.7. The molecule has 0 aromatic heterocycles. The predicted octanol–water partition coefficient (Wildman–Crippen LogP) is 2.62. The van der Waals surface area contributed by atoms with Crippen LogP contribution in [0.3, 0.4) is 0 Å². The van der Waals surface area contributed by atoms with Crippen molar-refractivity contribution in [3.8, 4) is 0 Å². The van der Waals surface area contributed by atoms with Crippen LogP contribution in [0, 0.1) is 0 Å². The fraction of sp³-hybridized carbons (Fsp3) is 0.440. The van der Waals surface area contributed by atoms with Gasteiger partial charge in [0.1, 0.15) is 0 Å². The Labute approximate surface area is 180 Å². The van der Waals surface area contributed by atoms with E-state index in [4.69, 9.17) is 0 Å². The highest BCUT2D eigenvalue weighted by molar-refractivity contribution is 5.99. The Morgan fingerprint density at radius 3 is 2.27 bits per heavy atom. The normalized spacial score (nSPS) is 15.9. The van der Waals surface area contributed by atoms with Crippen molar-refractivity contribution in [3.63, 3.8) is 0 Å². The Kier molecular flexibility index (Phi) is 7.27. The Hall–Kier alpha value is -2.66. The molecule has 5 heteroatoms. The van der Waals surface area contributed by atoms with Crippen LogP contribution in [0.15, 0.2) is 59.7 Å². The highest BCUT2D eigenvalue weighted by Gasteiger charge is 2.20. The van der Waals surface area contributed by atoms with Gasteiger partial charge in [0.2, 0.25) is 5.91 Å². The summed E-state index contributed by atoms with van der Waals surface area (Å²) in [7, 11) is 0. The zero-order chi connectivity index (χ0) is 21.6. The van der Waals surface area contributed by atoms with E-state index in [1.807, 2.05) is 6.92 Å². The van der Waals surface area contributed by atoms with Gasteiger partial charge in [0.25, 0.3) is 0 Å². The third-order valence-electron chi connectivity index (χ3n) is 5.81. The second-order valence-electron chi connectivity index (χ2n) is 9.13. The number of carbonyl (C=O) groups is 1. The molecular formula is C25H35N4O+. The summed E-state index contributed by atoms with van der Waals surface area (Å²) in [6.45, 7) is 13.6. The Balaban J connectivity index is 1.41. The molecule has 160 valence electrons. The van der Waals surface area contributed by atoms with E-state index in [-0.39, 0.29) is 11.3 Å². The summed E-state index contributed by atoms with van der Waals surface area (Å²) in [4.78, 5) is 16.2. The molecular weight excluding hydrogens is 372 g/mol. The van der Waals surface area contributed by atoms with E-state index < -0.39 is 0 Å². The molecule has 0 saturated carbocycles. The van der Waals surface area contributed by atoms with E-state index in [1.54, 1.807) is 0 Å². The van der Waals surface area contributed by atoms with Crippen LogP contribution in [0.5, 0.6) is 0 Å². The standard InChI is InChI=1S/C25H34N4O/c1-20(21-10-12-22(13-11-21)25(2,3)4)26-27-24(30)14-15-28-16-18-29(19-17-28)23-8-6-5-7-9-23/h5-13H,14-19H2,1-4H3,(H,27,30)/p+1/b26-20-. The van der Waals surface area contributed by atoms with Crippen molar-refractivity contribution in [2.24, 2.45) is 5.10 Å². The van der Waals surface area contributed by atoms with Crippen molar-refractivity contribution in [2.45, 2.75) is 39.5 Å². The summed E-state index contributed by atoms with van der Waals surface area (Å²) < 4.78 is 0. The smallest absolute Gasteiger partial charge is 0.245 e. The molecule has 1 fully saturated rings. The Bertz CT molecular complexity index is 845. The van der Waals surface area contributed by atoms with Crippen molar-refractivity contribution in [2.75, 3.05) is 37.6 Å². The van der Waals surface area contributed by atoms with Gasteiger partial charge in [0.15, 0.2) is 0 Å². The highest BCUT2D eigenvalue weighted by Crippen LogP contribution is 2.22. The number of hydrazone groups is 1. The maximum absolute atomic E-state index is 12.3. The fourth-order valence-electron chi connectivity index (χ4n) is 3.74. The monoisotopic (exact) mass is 407 g/mol. The molecule has 5 nitrogen and oxygen atoms in total. The lowest BCUT2D eigenvalue weighted by Gasteiger charge is -2.33. The van der Waals surface area contributed by atoms with Crippen LogP contribution in [0.1, 0.15) is 45.2 Å². The van der Waals surface area contributed by atoms with E-state index in [9.17, 15) is 4.79 Å². The minimum atomic E-state index is -0.0151. The molecule has 2 N–H and O–H groups in total. The quantitative estimate of drug-likeness (QED) is 0.571. The number of quaternary nitrogens is 1. The molecule has 30 heavy (non-hydrogen) atoms. The molecule has 1 aliphatic rings. The second kappa shape index (κ2) is 9.90. The lowest BCUT2D eigenvalue weighted by molar-refractivity contribution is -0.900. The van der Waals surface area contributed by atoms with Crippen LogP contribution >= 0.6 is 0 Å². The molecule has 0 bridgehead atoms. The SMILES string of the molecule is C/C(=N/NC(=O)CC[NH+]1CCN(c2ccccc2)CC1)c1ccc(C(C)(C)C)cc1. The molecule has 0 spiro atoms. The third kappa shape index (κ3) is 6.17. The number of nitrogens with one attached hydrogen (secondary N) is 2. The molecule has 1 aliphatic heterocycles. The number of piperazine rings is 1. The summed E-state index contributed by atoms with van der Waals surface area (Å²) in [5, 5.41) is 4.30. The molecule has 2 aromatic rings. The topological polar surface area (TPSA) is 49.1 Å². The second-order valence-corrected chi connectivity index (χ2v) is 9.13. The number of nitrogens with zero attached hydrogens (tertiary/aromatic N) is 2. The van der Waals surface area contributed by atoms with Crippen LogP contribution in [-0.2, 0) is 10.2 Å². The number of amides is 1. The molecule has 0 atom stereocenters. The summed E-state index contributed by atoms with van der Waals surface area (Å²) in [5.74, 6) is -0.0151. The van der Waals surface area contributed by atoms with Crippen LogP contribution < -0.4 is 15.2 Å². The average molecular weight is 408 g/mol. The largest absolute Gasteiger partial charge is 0.360 e. The van der Waals surface area contributed by atoms with Gasteiger partial charge in [-0.25, -0.2) is 5.43 Å². The average Bonchev–Trinajstić information content (AvgIpc) is 2.76. The highest BCUT2D eigenvalue weighted by atomic mass is 16.2. The zero-order valence-corrected chi connectivity index (χ0v) is 18.7. The van der Waals surface area contributed by atoms with Gasteiger partial charge < -0.3 is 9.80 Å². The van der Waals surface area contributed by atoms with Crippen LogP contribution in [-0.4, -0.2) is 44.3 Å². The first-order valence-corrected chi connectivity index (χ1v) is 10.9. The van der Waals surface area contributed by atoms with Gasteiger partial charge in [-0.2, -0.15) is 5.10 Å². The first-order valence-electron chi connectivity index (χ1n) is 10.9. The van der Waals surface area contributed by atoms with Gasteiger partial charge in [-0.1, -0.05) is 63.2 Å². The van der Waals surface area contributed by atoms with Gasteiger partial charge >= 0.3 is 0 Å². The number of hydrogen-bond donors (Lipinski definition) is 2. The summed E-state index contributed by atoms with van der Waals surface area (Å²) in [5.41, 5.74) is 7.29. The Morgan fingerprint density at radius 1 is 1.03 bits per heavy atom. The molecule has 0 aliphatic carbocycles. The van der Waals surface area contributed by atoms with Crippen LogP contribution in [0.2, 0.25) is 0 Å². The van der Waals surface area contributed by atoms with Crippen molar-refractivity contribution in [1.82, 2.24) is 5.43 Å². The van der Waals surface area contributed by atoms with E-state index in [1.165, 1.54) is 16.2 Å². The van der Waals surface area contributed by atoms with Gasteiger partial charge in [0.05, 0.1) is 44.9 Å². The summed E-state index contributed by atoms with van der Waals surface area (Å²) in [6, 6.07) is 19.0. The van der Waals surface area contributed by atoms with Crippen molar-refractivity contribution < 1.29 is 9.69 Å². The molecule has 1 saturated heterocycles. The predicted molar refractivity (Wildman–Crippen MR) is 124 cm³/mol. The number of carbonyl (C=O) groups excluding carboxylic acids is 1. The number of anilines is 1. The number of hydrogen-bond acceptors (Lipinski definition) is 3. The molecule has 1 heterocycles. The molecule has 2 aromatic carbocycles. The van der Waals surface area contributed by atoms with Crippen molar-refractivity contribution >= 4 is 17.3 Å². The number of para-hydroxylation sites is 1. The van der Waals surface area contributed by atoms with Crippen LogP contribution in [0.25, 0.3) is 0 Å². The maximum atomic E-state index is 12.3. The van der Waals surface area contributed by atoms with Crippen molar-refractivity contribution in [1.29, 1.82) is 0 Å². The Morgan fingerprint density at radius 2 is 1.67 bits per heavy atom. The minimum Gasteiger partial charge on any atom is -0.360 e. The molecule has 0 unspecified atom stereocenters. The van der Waals surface area contributed by atoms with E-state index in [0.29, 0.717) is 6.42 Å². The lowest BCUT2D eigenvalue weighted by atomic mass is 9.86. The molecule has 3 rings (SSSR count). The van der Waals surface area contributed by atoms with Crippen LogP contribution in [0.4, 0.5) is 5.69 Å². The van der Waals surface area contributed by atoms with E-state index in [2.05, 4.69) is 90.8 Å². The minimum absolute atomic E-state index is 0.0151. The van der Waals surface area contributed by atoms with E-state index >= 15 is 0 Å². The van der Waals surface area contributed by atoms with Gasteiger partial charge in [0, 0.05) is 5.69 Å². The first-order chi connectivity index (χ1) is 14.3. The van der Waals surface area contributed by atoms with Crippen molar-refractivity contribution in [3.05, 3.63) is 65.7 Å². The fourth-order valence-corrected chi connectivity index (χ4v) is 3.74. The number of benzene rings is 2. The first kappa shape index (κ1) is 22.0. The molecule has 1 amide bonds. The lowest BCUT2D eigenvalue weighted by Crippen LogP contribution is -3.15. The van der Waals surface area contributed by atoms with E-state index in [0.717, 1.165) is 44.0 Å². The number of rotatable bonds is 6. The third-order valence-corrected chi connectivity index (χ3v) is 5.81. The van der Waals surface area contributed by atoms with Gasteiger partial charge in [-0.15, -0.1) is 0 Å². The van der Waals surface area contributed by atoms with Gasteiger partial charge in [-0.3, -0.25) is 4.79 Å². The summed E-state index contributed by atoms with van der Waals surface area (Å²) >= 11 is 0. The van der Waals surface area contributed by atoms with Gasteiger partial charge in [-0.05, 0) is 35.6 Å². The summed E-state index contributed by atoms with van der Waals surface area (Å²) in [6.07, 6.45) is 0.500.